The zero-order valence-electron chi connectivity index (χ0n) is 11.4. The zero-order chi connectivity index (χ0) is 13.4. The first-order chi connectivity index (χ1) is 9.15. The number of rotatable bonds is 1. The molecular formula is C16H19ClN2. The number of alkyl halides is 1. The number of benzene rings is 1. The van der Waals surface area contributed by atoms with Gasteiger partial charge in [0, 0.05) is 18.5 Å². The number of aryl methyl sites for hydroxylation is 1. The predicted molar refractivity (Wildman–Crippen MR) is 82.1 cm³/mol. The van der Waals surface area contributed by atoms with Gasteiger partial charge in [0.15, 0.2) is 0 Å². The summed E-state index contributed by atoms with van der Waals surface area (Å²) in [7, 11) is 0. The highest BCUT2D eigenvalue weighted by molar-refractivity contribution is 6.21. The van der Waals surface area contributed by atoms with E-state index in [2.05, 4.69) is 43.0 Å². The molecule has 1 aromatic carbocycles. The zero-order valence-corrected chi connectivity index (χ0v) is 12.2. The van der Waals surface area contributed by atoms with Gasteiger partial charge < -0.3 is 4.90 Å². The Labute approximate surface area is 119 Å². The molecule has 1 aromatic heterocycles. The average Bonchev–Trinajstić information content (AvgIpc) is 2.41. The standard InChI is InChI=1S/C16H19ClN2/c1-11-7-8-19(10-14(11)17)16-12(2)9-13-5-3-4-6-15(13)18-16/h3-6,9,11,14H,7-8,10H2,1-2H3. The summed E-state index contributed by atoms with van der Waals surface area (Å²) in [4.78, 5) is 7.16. The van der Waals surface area contributed by atoms with Gasteiger partial charge in [-0.15, -0.1) is 11.6 Å². The first-order valence-electron chi connectivity index (χ1n) is 6.90. The molecule has 2 heterocycles. The van der Waals surface area contributed by atoms with E-state index in [1.165, 1.54) is 10.9 Å². The fourth-order valence-electron chi connectivity index (χ4n) is 2.75. The van der Waals surface area contributed by atoms with E-state index in [1.54, 1.807) is 0 Å². The van der Waals surface area contributed by atoms with Crippen LogP contribution in [0.15, 0.2) is 30.3 Å². The Morgan fingerprint density at radius 1 is 1.32 bits per heavy atom. The number of aromatic nitrogens is 1. The van der Waals surface area contributed by atoms with E-state index in [4.69, 9.17) is 16.6 Å². The number of halogens is 1. The Balaban J connectivity index is 1.98. The van der Waals surface area contributed by atoms with E-state index in [1.807, 2.05) is 6.07 Å². The summed E-state index contributed by atoms with van der Waals surface area (Å²) in [6.07, 6.45) is 1.14. The van der Waals surface area contributed by atoms with Crippen LogP contribution in [0.1, 0.15) is 18.9 Å². The van der Waals surface area contributed by atoms with Crippen LogP contribution in [0.5, 0.6) is 0 Å². The number of piperidine rings is 1. The number of hydrogen-bond acceptors (Lipinski definition) is 2. The summed E-state index contributed by atoms with van der Waals surface area (Å²) >= 11 is 6.41. The molecule has 0 amide bonds. The quantitative estimate of drug-likeness (QED) is 0.731. The molecule has 0 radical (unpaired) electrons. The molecule has 1 saturated heterocycles. The van der Waals surface area contributed by atoms with Crippen LogP contribution in [-0.4, -0.2) is 23.5 Å². The SMILES string of the molecule is Cc1cc2ccccc2nc1N1CCC(C)C(Cl)C1. The number of hydrogen-bond donors (Lipinski definition) is 0. The van der Waals surface area contributed by atoms with Crippen molar-refractivity contribution in [3.8, 4) is 0 Å². The van der Waals surface area contributed by atoms with Crippen LogP contribution in [0.25, 0.3) is 10.9 Å². The number of nitrogens with zero attached hydrogens (tertiary/aromatic N) is 2. The van der Waals surface area contributed by atoms with Crippen molar-refractivity contribution in [3.05, 3.63) is 35.9 Å². The molecule has 0 bridgehead atoms. The molecule has 2 unspecified atom stereocenters. The van der Waals surface area contributed by atoms with Crippen LogP contribution in [0.2, 0.25) is 0 Å². The molecule has 100 valence electrons. The lowest BCUT2D eigenvalue weighted by Crippen LogP contribution is -2.41. The van der Waals surface area contributed by atoms with Crippen LogP contribution in [0.3, 0.4) is 0 Å². The van der Waals surface area contributed by atoms with Crippen molar-refractivity contribution in [2.24, 2.45) is 5.92 Å². The Morgan fingerprint density at radius 3 is 2.89 bits per heavy atom. The molecular weight excluding hydrogens is 256 g/mol. The van der Waals surface area contributed by atoms with Gasteiger partial charge in [0.25, 0.3) is 0 Å². The van der Waals surface area contributed by atoms with Gasteiger partial charge >= 0.3 is 0 Å². The third-order valence-electron chi connectivity index (χ3n) is 4.05. The highest BCUT2D eigenvalue weighted by atomic mass is 35.5. The molecule has 2 aromatic rings. The Hall–Kier alpha value is -1.28. The normalized spacial score (nSPS) is 23.8. The van der Waals surface area contributed by atoms with Gasteiger partial charge in [-0.3, -0.25) is 0 Å². The van der Waals surface area contributed by atoms with Gasteiger partial charge in [0.1, 0.15) is 5.82 Å². The van der Waals surface area contributed by atoms with Crippen molar-refractivity contribution in [1.82, 2.24) is 4.98 Å². The lowest BCUT2D eigenvalue weighted by Gasteiger charge is -2.35. The van der Waals surface area contributed by atoms with Crippen molar-refractivity contribution in [1.29, 1.82) is 0 Å². The maximum atomic E-state index is 6.41. The fraction of sp³-hybridized carbons (Fsp3) is 0.438. The van der Waals surface area contributed by atoms with E-state index in [-0.39, 0.29) is 5.38 Å². The topological polar surface area (TPSA) is 16.1 Å². The second-order valence-corrected chi connectivity index (χ2v) is 6.11. The number of fused-ring (bicyclic) bond motifs is 1. The van der Waals surface area contributed by atoms with Gasteiger partial charge in [-0.05, 0) is 37.0 Å². The maximum absolute atomic E-state index is 6.41. The molecule has 0 aliphatic carbocycles. The van der Waals surface area contributed by atoms with Crippen molar-refractivity contribution < 1.29 is 0 Å². The molecule has 1 aliphatic rings. The van der Waals surface area contributed by atoms with Crippen LogP contribution >= 0.6 is 11.6 Å². The minimum Gasteiger partial charge on any atom is -0.355 e. The van der Waals surface area contributed by atoms with Crippen molar-refractivity contribution in [2.45, 2.75) is 25.6 Å². The third-order valence-corrected chi connectivity index (χ3v) is 4.62. The smallest absolute Gasteiger partial charge is 0.132 e. The van der Waals surface area contributed by atoms with Crippen molar-refractivity contribution in [2.75, 3.05) is 18.0 Å². The second kappa shape index (κ2) is 5.01. The second-order valence-electron chi connectivity index (χ2n) is 5.55. The van der Waals surface area contributed by atoms with Gasteiger partial charge in [0.2, 0.25) is 0 Å². The van der Waals surface area contributed by atoms with Crippen LogP contribution in [0, 0.1) is 12.8 Å². The van der Waals surface area contributed by atoms with Crippen molar-refractivity contribution in [3.63, 3.8) is 0 Å². The summed E-state index contributed by atoms with van der Waals surface area (Å²) < 4.78 is 0. The highest BCUT2D eigenvalue weighted by Gasteiger charge is 2.26. The summed E-state index contributed by atoms with van der Waals surface area (Å²) in [6.45, 7) is 6.32. The summed E-state index contributed by atoms with van der Waals surface area (Å²) in [5.74, 6) is 1.69. The number of anilines is 1. The first kappa shape index (κ1) is 12.7. The van der Waals surface area contributed by atoms with Crippen LogP contribution < -0.4 is 4.90 Å². The fourth-order valence-corrected chi connectivity index (χ4v) is 3.04. The van der Waals surface area contributed by atoms with Gasteiger partial charge in [-0.1, -0.05) is 25.1 Å². The Bertz CT molecular complexity index is 596. The number of pyridine rings is 1. The Kier molecular flexibility index (Phi) is 3.36. The predicted octanol–water partition coefficient (Wildman–Crippen LogP) is 4.00. The van der Waals surface area contributed by atoms with Gasteiger partial charge in [-0.25, -0.2) is 4.98 Å². The molecule has 2 nitrogen and oxygen atoms in total. The first-order valence-corrected chi connectivity index (χ1v) is 7.34. The van der Waals surface area contributed by atoms with E-state index in [0.29, 0.717) is 5.92 Å². The molecule has 19 heavy (non-hydrogen) atoms. The Morgan fingerprint density at radius 2 is 2.11 bits per heavy atom. The summed E-state index contributed by atoms with van der Waals surface area (Å²) in [6, 6.07) is 10.5. The van der Waals surface area contributed by atoms with Gasteiger partial charge in [0.05, 0.1) is 10.9 Å². The largest absolute Gasteiger partial charge is 0.355 e. The lowest BCUT2D eigenvalue weighted by atomic mass is 9.98. The molecule has 0 spiro atoms. The third kappa shape index (κ3) is 2.42. The van der Waals surface area contributed by atoms with Gasteiger partial charge in [-0.2, -0.15) is 0 Å². The molecule has 2 atom stereocenters. The van der Waals surface area contributed by atoms with Crippen LogP contribution in [0.4, 0.5) is 5.82 Å². The van der Waals surface area contributed by atoms with E-state index < -0.39 is 0 Å². The maximum Gasteiger partial charge on any atom is 0.132 e. The van der Waals surface area contributed by atoms with Crippen molar-refractivity contribution >= 4 is 28.3 Å². The minimum atomic E-state index is 0.224. The molecule has 0 N–H and O–H groups in total. The molecule has 1 aliphatic heterocycles. The molecule has 1 fully saturated rings. The number of para-hydroxylation sites is 1. The molecule has 3 rings (SSSR count). The molecule has 3 heteroatoms. The van der Waals surface area contributed by atoms with Crippen LogP contribution in [-0.2, 0) is 0 Å². The average molecular weight is 275 g/mol. The van der Waals surface area contributed by atoms with E-state index >= 15 is 0 Å². The van der Waals surface area contributed by atoms with E-state index in [0.717, 1.165) is 30.8 Å². The van der Waals surface area contributed by atoms with E-state index in [9.17, 15) is 0 Å². The highest BCUT2D eigenvalue weighted by Crippen LogP contribution is 2.29. The lowest BCUT2D eigenvalue weighted by molar-refractivity contribution is 0.443. The summed E-state index contributed by atoms with van der Waals surface area (Å²) in [5.41, 5.74) is 2.30. The monoisotopic (exact) mass is 274 g/mol. The molecule has 0 saturated carbocycles. The minimum absolute atomic E-state index is 0.224. The summed E-state index contributed by atoms with van der Waals surface area (Å²) in [5, 5.41) is 1.43.